The minimum absolute atomic E-state index is 0.0363. The Morgan fingerprint density at radius 1 is 1.24 bits per heavy atom. The van der Waals surface area contributed by atoms with E-state index in [4.69, 9.17) is 16.3 Å². The number of ketones is 1. The highest BCUT2D eigenvalue weighted by Gasteiger charge is 2.21. The molecule has 0 saturated carbocycles. The molecular formula is C16H11ClF2O2. The predicted molar refractivity (Wildman–Crippen MR) is 75.0 cm³/mol. The van der Waals surface area contributed by atoms with Crippen LogP contribution in [0.1, 0.15) is 21.5 Å². The number of carbonyl (C=O) groups is 1. The minimum Gasteiger partial charge on any atom is -0.493 e. The lowest BCUT2D eigenvalue weighted by molar-refractivity contribution is 0.0988. The number of halogens is 3. The van der Waals surface area contributed by atoms with Crippen molar-refractivity contribution in [2.75, 3.05) is 6.61 Å². The molecule has 3 rings (SSSR count). The Morgan fingerprint density at radius 3 is 2.81 bits per heavy atom. The van der Waals surface area contributed by atoms with Crippen LogP contribution in [0.5, 0.6) is 5.75 Å². The molecule has 0 fully saturated rings. The number of fused-ring (bicyclic) bond motifs is 1. The van der Waals surface area contributed by atoms with Crippen LogP contribution >= 0.6 is 11.6 Å². The molecule has 0 atom stereocenters. The van der Waals surface area contributed by atoms with E-state index in [1.807, 2.05) is 0 Å². The second kappa shape index (κ2) is 5.45. The van der Waals surface area contributed by atoms with E-state index in [-0.39, 0.29) is 12.0 Å². The van der Waals surface area contributed by atoms with Crippen molar-refractivity contribution in [1.82, 2.24) is 0 Å². The highest BCUT2D eigenvalue weighted by atomic mass is 35.5. The SMILES string of the molecule is O=C(Cc1cc(Cl)cc2c1OCC2)c1ccc(F)cc1F. The highest BCUT2D eigenvalue weighted by Crippen LogP contribution is 2.33. The lowest BCUT2D eigenvalue weighted by atomic mass is 9.99. The van der Waals surface area contributed by atoms with Crippen LogP contribution in [0.4, 0.5) is 8.78 Å². The lowest BCUT2D eigenvalue weighted by Crippen LogP contribution is -2.07. The number of carbonyl (C=O) groups excluding carboxylic acids is 1. The summed E-state index contributed by atoms with van der Waals surface area (Å²) < 4.78 is 32.0. The van der Waals surface area contributed by atoms with Gasteiger partial charge in [-0.05, 0) is 29.8 Å². The Kier molecular flexibility index (Phi) is 3.64. The molecule has 0 spiro atoms. The average molecular weight is 309 g/mol. The number of ether oxygens (including phenoxy) is 1. The number of hydrogen-bond donors (Lipinski definition) is 0. The summed E-state index contributed by atoms with van der Waals surface area (Å²) in [7, 11) is 0. The zero-order valence-electron chi connectivity index (χ0n) is 11.0. The van der Waals surface area contributed by atoms with Gasteiger partial charge in [0.2, 0.25) is 0 Å². The molecule has 1 aliphatic rings. The maximum atomic E-state index is 13.6. The van der Waals surface area contributed by atoms with Crippen LogP contribution in [0.25, 0.3) is 0 Å². The van der Waals surface area contributed by atoms with Crippen molar-refractivity contribution in [1.29, 1.82) is 0 Å². The van der Waals surface area contributed by atoms with Gasteiger partial charge in [-0.25, -0.2) is 8.78 Å². The Morgan fingerprint density at radius 2 is 2.05 bits per heavy atom. The van der Waals surface area contributed by atoms with Gasteiger partial charge in [0.1, 0.15) is 17.4 Å². The van der Waals surface area contributed by atoms with Crippen LogP contribution in [-0.2, 0) is 12.8 Å². The van der Waals surface area contributed by atoms with Gasteiger partial charge in [-0.2, -0.15) is 0 Å². The van der Waals surface area contributed by atoms with Crippen molar-refractivity contribution in [3.05, 3.63) is 63.7 Å². The largest absolute Gasteiger partial charge is 0.493 e. The first-order valence-electron chi connectivity index (χ1n) is 6.47. The maximum Gasteiger partial charge on any atom is 0.170 e. The van der Waals surface area contributed by atoms with Crippen LogP contribution in [0.15, 0.2) is 30.3 Å². The topological polar surface area (TPSA) is 26.3 Å². The van der Waals surface area contributed by atoms with Crippen molar-refractivity contribution in [3.8, 4) is 5.75 Å². The second-order valence-electron chi connectivity index (χ2n) is 4.88. The first-order chi connectivity index (χ1) is 10.0. The summed E-state index contributed by atoms with van der Waals surface area (Å²) in [4.78, 5) is 12.2. The fraction of sp³-hybridized carbons (Fsp3) is 0.188. The van der Waals surface area contributed by atoms with Crippen LogP contribution in [-0.4, -0.2) is 12.4 Å². The smallest absolute Gasteiger partial charge is 0.170 e. The molecule has 108 valence electrons. The third kappa shape index (κ3) is 2.76. The first-order valence-corrected chi connectivity index (χ1v) is 6.85. The Hall–Kier alpha value is -1.94. The third-order valence-corrected chi connectivity index (χ3v) is 3.63. The number of rotatable bonds is 3. The summed E-state index contributed by atoms with van der Waals surface area (Å²) in [6.07, 6.45) is 0.702. The fourth-order valence-electron chi connectivity index (χ4n) is 2.46. The van der Waals surface area contributed by atoms with Gasteiger partial charge >= 0.3 is 0 Å². The van der Waals surface area contributed by atoms with E-state index < -0.39 is 17.4 Å². The Bertz CT molecular complexity index is 728. The van der Waals surface area contributed by atoms with E-state index in [0.717, 1.165) is 24.1 Å². The van der Waals surface area contributed by atoms with Gasteiger partial charge in [-0.1, -0.05) is 11.6 Å². The molecule has 0 bridgehead atoms. The van der Waals surface area contributed by atoms with E-state index >= 15 is 0 Å². The molecule has 2 aromatic carbocycles. The molecule has 0 N–H and O–H groups in total. The van der Waals surface area contributed by atoms with E-state index in [2.05, 4.69) is 0 Å². The van der Waals surface area contributed by atoms with Crippen LogP contribution in [0.2, 0.25) is 5.02 Å². The summed E-state index contributed by atoms with van der Waals surface area (Å²) in [5.74, 6) is -1.36. The molecule has 21 heavy (non-hydrogen) atoms. The van der Waals surface area contributed by atoms with Crippen molar-refractivity contribution >= 4 is 17.4 Å². The molecule has 1 aliphatic heterocycles. The number of Topliss-reactive ketones (excluding diaryl/α,β-unsaturated/α-hetero) is 1. The minimum atomic E-state index is -0.861. The number of hydrogen-bond acceptors (Lipinski definition) is 2. The molecule has 0 aliphatic carbocycles. The standard InChI is InChI=1S/C16H11ClF2O2/c17-11-5-9-3-4-21-16(9)10(6-11)7-15(20)13-2-1-12(18)8-14(13)19/h1-2,5-6,8H,3-4,7H2. The molecule has 1 heterocycles. The normalized spacial score (nSPS) is 12.9. The summed E-state index contributed by atoms with van der Waals surface area (Å²) in [6.45, 7) is 0.543. The fourth-order valence-corrected chi connectivity index (χ4v) is 2.72. The van der Waals surface area contributed by atoms with Gasteiger partial charge in [0.15, 0.2) is 5.78 Å². The van der Waals surface area contributed by atoms with E-state index in [1.165, 1.54) is 0 Å². The summed E-state index contributed by atoms with van der Waals surface area (Å²) in [5, 5.41) is 0.515. The van der Waals surface area contributed by atoms with Crippen LogP contribution < -0.4 is 4.74 Å². The molecule has 5 heteroatoms. The molecular weight excluding hydrogens is 298 g/mol. The van der Waals surface area contributed by atoms with Gasteiger partial charge in [-0.3, -0.25) is 4.79 Å². The molecule has 0 unspecified atom stereocenters. The number of benzene rings is 2. The van der Waals surface area contributed by atoms with E-state index in [9.17, 15) is 13.6 Å². The zero-order valence-corrected chi connectivity index (χ0v) is 11.7. The Labute approximate surface area is 125 Å². The lowest BCUT2D eigenvalue weighted by Gasteiger charge is -2.09. The predicted octanol–water partition coefficient (Wildman–Crippen LogP) is 3.98. The third-order valence-electron chi connectivity index (χ3n) is 3.41. The second-order valence-corrected chi connectivity index (χ2v) is 5.31. The van der Waals surface area contributed by atoms with E-state index in [0.29, 0.717) is 29.0 Å². The molecule has 0 radical (unpaired) electrons. The van der Waals surface area contributed by atoms with Crippen LogP contribution in [0.3, 0.4) is 0 Å². The molecule has 2 nitrogen and oxygen atoms in total. The summed E-state index contributed by atoms with van der Waals surface area (Å²) in [6, 6.07) is 6.36. The van der Waals surface area contributed by atoms with Gasteiger partial charge in [-0.15, -0.1) is 0 Å². The molecule has 0 aromatic heterocycles. The molecule has 0 saturated heterocycles. The van der Waals surface area contributed by atoms with Crippen molar-refractivity contribution in [2.24, 2.45) is 0 Å². The van der Waals surface area contributed by atoms with Crippen molar-refractivity contribution in [3.63, 3.8) is 0 Å². The Balaban J connectivity index is 1.92. The highest BCUT2D eigenvalue weighted by molar-refractivity contribution is 6.30. The quantitative estimate of drug-likeness (QED) is 0.802. The van der Waals surface area contributed by atoms with Gasteiger partial charge in [0, 0.05) is 29.5 Å². The zero-order chi connectivity index (χ0) is 15.0. The van der Waals surface area contributed by atoms with Gasteiger partial charge < -0.3 is 4.74 Å². The maximum absolute atomic E-state index is 13.6. The first kappa shape index (κ1) is 14.0. The summed E-state index contributed by atoms with van der Waals surface area (Å²) >= 11 is 6.02. The van der Waals surface area contributed by atoms with Crippen molar-refractivity contribution in [2.45, 2.75) is 12.8 Å². The summed E-state index contributed by atoms with van der Waals surface area (Å²) in [5.41, 5.74) is 1.44. The van der Waals surface area contributed by atoms with E-state index in [1.54, 1.807) is 12.1 Å². The molecule has 0 amide bonds. The van der Waals surface area contributed by atoms with Gasteiger partial charge in [0.25, 0.3) is 0 Å². The molecule has 2 aromatic rings. The monoisotopic (exact) mass is 308 g/mol. The van der Waals surface area contributed by atoms with Crippen molar-refractivity contribution < 1.29 is 18.3 Å². The van der Waals surface area contributed by atoms with Crippen LogP contribution in [0, 0.1) is 11.6 Å². The van der Waals surface area contributed by atoms with Gasteiger partial charge in [0.05, 0.1) is 12.2 Å². The average Bonchev–Trinajstić information content (AvgIpc) is 2.86.